The van der Waals surface area contributed by atoms with Crippen LogP contribution in [0.4, 0.5) is 0 Å². The van der Waals surface area contributed by atoms with Crippen LogP contribution >= 0.6 is 0 Å². The van der Waals surface area contributed by atoms with Crippen LogP contribution in [0.3, 0.4) is 0 Å². The topological polar surface area (TPSA) is 35.5 Å². The predicted octanol–water partition coefficient (Wildman–Crippen LogP) is 3.76. The summed E-state index contributed by atoms with van der Waals surface area (Å²) < 4.78 is 11.6. The summed E-state index contributed by atoms with van der Waals surface area (Å²) in [5.41, 5.74) is 2.92. The van der Waals surface area contributed by atoms with E-state index in [1.165, 1.54) is 0 Å². The normalized spacial score (nSPS) is 18.2. The third-order valence-electron chi connectivity index (χ3n) is 3.65. The molecule has 1 unspecified atom stereocenters. The average molecular weight is 305 g/mol. The van der Waals surface area contributed by atoms with E-state index in [4.69, 9.17) is 9.16 Å². The second-order valence-electron chi connectivity index (χ2n) is 6.77. The van der Waals surface area contributed by atoms with E-state index in [0.29, 0.717) is 13.0 Å². The standard InChI is InChI=1S/C17H25O3Si/c1-7-19-14-8-11-9-15(20-21(5)6)16(18)12(11)10-13(14)17(2,3)4/h8,10,15H,7,9H2,1-6H3. The van der Waals surface area contributed by atoms with Crippen LogP contribution in [0.5, 0.6) is 5.75 Å². The molecule has 1 atom stereocenters. The lowest BCUT2D eigenvalue weighted by Crippen LogP contribution is -2.26. The summed E-state index contributed by atoms with van der Waals surface area (Å²) in [7, 11) is -0.877. The van der Waals surface area contributed by atoms with Crippen LogP contribution in [0.25, 0.3) is 0 Å². The van der Waals surface area contributed by atoms with Gasteiger partial charge in [0.25, 0.3) is 0 Å². The first-order valence-electron chi connectivity index (χ1n) is 7.55. The van der Waals surface area contributed by atoms with Gasteiger partial charge in [-0.25, -0.2) is 0 Å². The molecule has 3 nitrogen and oxygen atoms in total. The van der Waals surface area contributed by atoms with Gasteiger partial charge in [0.05, 0.1) is 6.61 Å². The largest absolute Gasteiger partial charge is 0.494 e. The van der Waals surface area contributed by atoms with E-state index in [2.05, 4.69) is 33.9 Å². The molecule has 0 aromatic heterocycles. The van der Waals surface area contributed by atoms with Gasteiger partial charge >= 0.3 is 0 Å². The second kappa shape index (κ2) is 5.93. The van der Waals surface area contributed by atoms with Crippen molar-refractivity contribution >= 4 is 14.8 Å². The molecule has 0 fully saturated rings. The van der Waals surface area contributed by atoms with Crippen molar-refractivity contribution in [1.29, 1.82) is 0 Å². The molecule has 0 aliphatic heterocycles. The van der Waals surface area contributed by atoms with Gasteiger partial charge in [0.15, 0.2) is 5.78 Å². The van der Waals surface area contributed by atoms with Gasteiger partial charge in [-0.05, 0) is 43.1 Å². The van der Waals surface area contributed by atoms with Crippen molar-refractivity contribution in [3.63, 3.8) is 0 Å². The summed E-state index contributed by atoms with van der Waals surface area (Å²) in [5, 5.41) is 0. The van der Waals surface area contributed by atoms with Crippen LogP contribution in [-0.4, -0.2) is 27.5 Å². The minimum absolute atomic E-state index is 0.0524. The molecule has 0 amide bonds. The average Bonchev–Trinajstić information content (AvgIpc) is 2.63. The molecule has 1 aliphatic carbocycles. The van der Waals surface area contributed by atoms with E-state index in [1.807, 2.05) is 19.1 Å². The molecule has 0 bridgehead atoms. The molecule has 1 aromatic carbocycles. The lowest BCUT2D eigenvalue weighted by atomic mass is 9.84. The Morgan fingerprint density at radius 1 is 1.29 bits per heavy atom. The number of benzene rings is 1. The first-order valence-corrected chi connectivity index (χ1v) is 9.96. The van der Waals surface area contributed by atoms with Crippen LogP contribution in [0.1, 0.15) is 49.2 Å². The van der Waals surface area contributed by atoms with E-state index in [9.17, 15) is 4.79 Å². The molecular formula is C17H25O3Si. The Morgan fingerprint density at radius 3 is 2.48 bits per heavy atom. The lowest BCUT2D eigenvalue weighted by Gasteiger charge is -2.23. The maximum atomic E-state index is 12.5. The highest BCUT2D eigenvalue weighted by molar-refractivity contribution is 6.48. The van der Waals surface area contributed by atoms with Crippen molar-refractivity contribution in [1.82, 2.24) is 0 Å². The van der Waals surface area contributed by atoms with Crippen LogP contribution in [0.15, 0.2) is 12.1 Å². The summed E-state index contributed by atoms with van der Waals surface area (Å²) in [6.07, 6.45) is 0.378. The summed E-state index contributed by atoms with van der Waals surface area (Å²) >= 11 is 0. The number of hydrogen-bond acceptors (Lipinski definition) is 3. The minimum atomic E-state index is -0.877. The quantitative estimate of drug-likeness (QED) is 0.795. The molecule has 0 spiro atoms. The van der Waals surface area contributed by atoms with Gasteiger partial charge < -0.3 is 9.16 Å². The van der Waals surface area contributed by atoms with Gasteiger partial charge in [0.2, 0.25) is 9.04 Å². The predicted molar refractivity (Wildman–Crippen MR) is 86.7 cm³/mol. The maximum absolute atomic E-state index is 12.5. The molecule has 2 rings (SSSR count). The molecule has 0 heterocycles. The summed E-state index contributed by atoms with van der Waals surface area (Å²) in [5.74, 6) is 1.03. The van der Waals surface area contributed by atoms with Gasteiger partial charge in [0.1, 0.15) is 11.9 Å². The molecule has 21 heavy (non-hydrogen) atoms. The second-order valence-corrected chi connectivity index (χ2v) is 8.82. The van der Waals surface area contributed by atoms with Crippen molar-refractivity contribution in [2.45, 2.75) is 58.7 Å². The molecule has 4 heteroatoms. The third kappa shape index (κ3) is 3.38. The highest BCUT2D eigenvalue weighted by Gasteiger charge is 2.34. The van der Waals surface area contributed by atoms with E-state index in [1.54, 1.807) is 0 Å². The molecule has 1 radical (unpaired) electrons. The third-order valence-corrected chi connectivity index (χ3v) is 4.41. The van der Waals surface area contributed by atoms with Crippen molar-refractivity contribution in [2.24, 2.45) is 0 Å². The van der Waals surface area contributed by atoms with E-state index in [0.717, 1.165) is 22.4 Å². The maximum Gasteiger partial charge on any atom is 0.206 e. The zero-order chi connectivity index (χ0) is 15.8. The van der Waals surface area contributed by atoms with Gasteiger partial charge in [0, 0.05) is 17.5 Å². The van der Waals surface area contributed by atoms with Crippen LogP contribution in [0, 0.1) is 0 Å². The summed E-state index contributed by atoms with van der Waals surface area (Å²) in [4.78, 5) is 12.5. The molecule has 0 saturated carbocycles. The van der Waals surface area contributed by atoms with Gasteiger partial charge in [-0.2, -0.15) is 0 Å². The monoisotopic (exact) mass is 305 g/mol. The van der Waals surface area contributed by atoms with E-state index >= 15 is 0 Å². The smallest absolute Gasteiger partial charge is 0.206 e. The number of carbonyl (C=O) groups is 1. The fraction of sp³-hybridized carbons (Fsp3) is 0.588. The number of rotatable bonds is 4. The first kappa shape index (κ1) is 16.2. The molecule has 0 saturated heterocycles. The highest BCUT2D eigenvalue weighted by atomic mass is 28.3. The molecule has 115 valence electrons. The van der Waals surface area contributed by atoms with E-state index in [-0.39, 0.29) is 17.3 Å². The highest BCUT2D eigenvalue weighted by Crippen LogP contribution is 2.37. The van der Waals surface area contributed by atoms with Crippen molar-refractivity contribution in [3.8, 4) is 5.75 Å². The number of carbonyl (C=O) groups excluding carboxylic acids is 1. The number of ketones is 1. The summed E-state index contributed by atoms with van der Waals surface area (Å²) in [6, 6.07) is 4.06. The molecule has 0 N–H and O–H groups in total. The lowest BCUT2D eigenvalue weighted by molar-refractivity contribution is 0.0820. The van der Waals surface area contributed by atoms with Crippen LogP contribution in [0.2, 0.25) is 13.1 Å². The van der Waals surface area contributed by atoms with Crippen LogP contribution in [-0.2, 0) is 16.3 Å². The fourth-order valence-corrected chi connectivity index (χ4v) is 3.49. The molecular weight excluding hydrogens is 280 g/mol. The minimum Gasteiger partial charge on any atom is -0.494 e. The van der Waals surface area contributed by atoms with E-state index < -0.39 is 9.04 Å². The zero-order valence-corrected chi connectivity index (χ0v) is 14.9. The Bertz CT molecular complexity index is 544. The van der Waals surface area contributed by atoms with Crippen molar-refractivity contribution in [2.75, 3.05) is 6.61 Å². The Balaban J connectivity index is 2.43. The number of Topliss-reactive ketones (excluding diaryl/α,β-unsaturated/α-hetero) is 1. The molecule has 1 aromatic rings. The van der Waals surface area contributed by atoms with Gasteiger partial charge in [-0.3, -0.25) is 4.79 Å². The number of hydrogen-bond donors (Lipinski definition) is 0. The number of fused-ring (bicyclic) bond motifs is 1. The van der Waals surface area contributed by atoms with Gasteiger partial charge in [-0.15, -0.1) is 0 Å². The Hall–Kier alpha value is -1.13. The zero-order valence-electron chi connectivity index (χ0n) is 13.9. The number of ether oxygens (including phenoxy) is 1. The fourth-order valence-electron chi connectivity index (χ4n) is 2.73. The van der Waals surface area contributed by atoms with Crippen molar-refractivity contribution < 1.29 is 14.0 Å². The SMILES string of the molecule is CCOc1cc2c(cc1C(C)(C)C)C(=O)C(O[Si](C)C)C2. The summed E-state index contributed by atoms with van der Waals surface area (Å²) in [6.45, 7) is 13.2. The van der Waals surface area contributed by atoms with Crippen LogP contribution < -0.4 is 4.74 Å². The van der Waals surface area contributed by atoms with Crippen molar-refractivity contribution in [3.05, 3.63) is 28.8 Å². The van der Waals surface area contributed by atoms with Gasteiger partial charge in [-0.1, -0.05) is 20.8 Å². The first-order chi connectivity index (χ1) is 9.74. The Kier molecular flexibility index (Phi) is 4.59. The molecule has 1 aliphatic rings. The Labute approximate surface area is 129 Å². The Morgan fingerprint density at radius 2 is 1.95 bits per heavy atom.